The summed E-state index contributed by atoms with van der Waals surface area (Å²) >= 11 is 0. The maximum absolute atomic E-state index is 12.8. The molecule has 0 atom stereocenters. The van der Waals surface area contributed by atoms with Gasteiger partial charge in [-0.2, -0.15) is 0 Å². The highest BCUT2D eigenvalue weighted by Crippen LogP contribution is 2.22. The lowest BCUT2D eigenvalue weighted by Gasteiger charge is -2.01. The van der Waals surface area contributed by atoms with E-state index in [2.05, 4.69) is 6.58 Å². The fourth-order valence-electron chi connectivity index (χ4n) is 0.847. The SMILES string of the molecule is C=Cc1ccc(C(F)F)c(F)c1. The molecule has 0 N–H and O–H groups in total. The molecular weight excluding hydrogens is 165 g/mol. The standard InChI is InChI=1S/C9H7F3/c1-2-6-3-4-7(9(11)12)8(10)5-6/h2-5,9H,1H2. The zero-order chi connectivity index (χ0) is 9.14. The molecule has 0 unspecified atom stereocenters. The Labute approximate surface area is 68.3 Å². The van der Waals surface area contributed by atoms with E-state index in [1.807, 2.05) is 0 Å². The van der Waals surface area contributed by atoms with E-state index in [0.717, 1.165) is 12.1 Å². The normalized spacial score (nSPS) is 10.3. The number of halogens is 3. The van der Waals surface area contributed by atoms with Crippen LogP contribution in [0.2, 0.25) is 0 Å². The van der Waals surface area contributed by atoms with Crippen LogP contribution in [0.4, 0.5) is 13.2 Å². The summed E-state index contributed by atoms with van der Waals surface area (Å²) in [6.07, 6.45) is -1.36. The number of rotatable bonds is 2. The van der Waals surface area contributed by atoms with Gasteiger partial charge in [0.25, 0.3) is 6.43 Å². The summed E-state index contributed by atoms with van der Waals surface area (Å²) in [4.78, 5) is 0. The van der Waals surface area contributed by atoms with Gasteiger partial charge >= 0.3 is 0 Å². The minimum absolute atomic E-state index is 0.497. The zero-order valence-electron chi connectivity index (χ0n) is 6.23. The van der Waals surface area contributed by atoms with E-state index in [1.165, 1.54) is 12.1 Å². The fourth-order valence-corrected chi connectivity index (χ4v) is 0.847. The molecular formula is C9H7F3. The van der Waals surface area contributed by atoms with Gasteiger partial charge in [-0.1, -0.05) is 18.7 Å². The lowest BCUT2D eigenvalue weighted by Crippen LogP contribution is -1.90. The summed E-state index contributed by atoms with van der Waals surface area (Å²) in [6, 6.07) is 3.50. The van der Waals surface area contributed by atoms with Gasteiger partial charge in [-0.15, -0.1) is 0 Å². The monoisotopic (exact) mass is 172 g/mol. The van der Waals surface area contributed by atoms with E-state index in [0.29, 0.717) is 5.56 Å². The van der Waals surface area contributed by atoms with Crippen LogP contribution in [0.15, 0.2) is 24.8 Å². The molecule has 1 rings (SSSR count). The average Bonchev–Trinajstić information content (AvgIpc) is 2.03. The van der Waals surface area contributed by atoms with Gasteiger partial charge < -0.3 is 0 Å². The minimum Gasteiger partial charge on any atom is -0.206 e. The molecule has 0 radical (unpaired) electrons. The summed E-state index contributed by atoms with van der Waals surface area (Å²) in [5.74, 6) is -0.887. The Morgan fingerprint density at radius 2 is 2.00 bits per heavy atom. The lowest BCUT2D eigenvalue weighted by atomic mass is 10.1. The molecule has 0 aromatic heterocycles. The van der Waals surface area contributed by atoms with Crippen LogP contribution in [0.5, 0.6) is 0 Å². The fraction of sp³-hybridized carbons (Fsp3) is 0.111. The summed E-state index contributed by atoms with van der Waals surface area (Å²) in [7, 11) is 0. The molecule has 3 heteroatoms. The highest BCUT2D eigenvalue weighted by molar-refractivity contribution is 5.47. The first kappa shape index (κ1) is 8.84. The predicted octanol–water partition coefficient (Wildman–Crippen LogP) is 3.41. The molecule has 1 aromatic carbocycles. The summed E-state index contributed by atoms with van der Waals surface area (Å²) < 4.78 is 36.8. The average molecular weight is 172 g/mol. The van der Waals surface area contributed by atoms with Crippen molar-refractivity contribution in [1.82, 2.24) is 0 Å². The minimum atomic E-state index is -2.76. The van der Waals surface area contributed by atoms with Crippen molar-refractivity contribution in [2.75, 3.05) is 0 Å². The van der Waals surface area contributed by atoms with Crippen LogP contribution in [0.1, 0.15) is 17.6 Å². The van der Waals surface area contributed by atoms with Gasteiger partial charge in [-0.3, -0.25) is 0 Å². The number of alkyl halides is 2. The molecule has 0 fully saturated rings. The largest absolute Gasteiger partial charge is 0.266 e. The first-order valence-corrected chi connectivity index (χ1v) is 3.35. The number of benzene rings is 1. The van der Waals surface area contributed by atoms with Crippen LogP contribution in [0.3, 0.4) is 0 Å². The number of hydrogen-bond acceptors (Lipinski definition) is 0. The van der Waals surface area contributed by atoms with Crippen LogP contribution in [-0.4, -0.2) is 0 Å². The highest BCUT2D eigenvalue weighted by Gasteiger charge is 2.12. The second kappa shape index (κ2) is 3.43. The van der Waals surface area contributed by atoms with Gasteiger partial charge in [-0.05, 0) is 17.7 Å². The molecule has 1 aromatic rings. The Morgan fingerprint density at radius 3 is 2.42 bits per heavy atom. The van der Waals surface area contributed by atoms with Crippen LogP contribution < -0.4 is 0 Å². The smallest absolute Gasteiger partial charge is 0.206 e. The second-order valence-corrected chi connectivity index (χ2v) is 2.29. The topological polar surface area (TPSA) is 0 Å². The van der Waals surface area contributed by atoms with E-state index in [4.69, 9.17) is 0 Å². The van der Waals surface area contributed by atoms with E-state index in [-0.39, 0.29) is 0 Å². The van der Waals surface area contributed by atoms with Crippen LogP contribution >= 0.6 is 0 Å². The molecule has 12 heavy (non-hydrogen) atoms. The van der Waals surface area contributed by atoms with Gasteiger partial charge in [0, 0.05) is 0 Å². The molecule has 0 heterocycles. The van der Waals surface area contributed by atoms with E-state index in [9.17, 15) is 13.2 Å². The van der Waals surface area contributed by atoms with Crippen molar-refractivity contribution in [3.05, 3.63) is 41.7 Å². The van der Waals surface area contributed by atoms with Crippen molar-refractivity contribution < 1.29 is 13.2 Å². The first-order valence-electron chi connectivity index (χ1n) is 3.35. The quantitative estimate of drug-likeness (QED) is 0.641. The lowest BCUT2D eigenvalue weighted by molar-refractivity contribution is 0.146. The Hall–Kier alpha value is -1.25. The van der Waals surface area contributed by atoms with Gasteiger partial charge in [0.1, 0.15) is 5.82 Å². The molecule has 0 aliphatic carbocycles. The molecule has 0 aliphatic rings. The van der Waals surface area contributed by atoms with Gasteiger partial charge in [0.2, 0.25) is 0 Å². The Kier molecular flexibility index (Phi) is 2.53. The molecule has 0 bridgehead atoms. The van der Waals surface area contributed by atoms with Gasteiger partial charge in [0.05, 0.1) is 5.56 Å². The molecule has 0 aliphatic heterocycles. The van der Waals surface area contributed by atoms with E-state index in [1.54, 1.807) is 0 Å². The summed E-state index contributed by atoms with van der Waals surface area (Å²) in [5, 5.41) is 0. The van der Waals surface area contributed by atoms with Crippen LogP contribution in [-0.2, 0) is 0 Å². The third-order valence-corrected chi connectivity index (χ3v) is 1.50. The maximum Gasteiger partial charge on any atom is 0.266 e. The van der Waals surface area contributed by atoms with Crippen molar-refractivity contribution in [2.45, 2.75) is 6.43 Å². The highest BCUT2D eigenvalue weighted by atomic mass is 19.3. The van der Waals surface area contributed by atoms with Gasteiger partial charge in [0.15, 0.2) is 0 Å². The Balaban J connectivity index is 3.11. The summed E-state index contributed by atoms with van der Waals surface area (Å²) in [6.45, 7) is 3.39. The molecule has 64 valence electrons. The van der Waals surface area contributed by atoms with Crippen LogP contribution in [0.25, 0.3) is 6.08 Å². The molecule has 0 nitrogen and oxygen atoms in total. The predicted molar refractivity (Wildman–Crippen MR) is 41.4 cm³/mol. The van der Waals surface area contributed by atoms with Crippen molar-refractivity contribution >= 4 is 6.08 Å². The molecule has 0 saturated heterocycles. The molecule has 0 amide bonds. The maximum atomic E-state index is 12.8. The van der Waals surface area contributed by atoms with E-state index >= 15 is 0 Å². The van der Waals surface area contributed by atoms with Crippen molar-refractivity contribution in [1.29, 1.82) is 0 Å². The molecule has 0 saturated carbocycles. The van der Waals surface area contributed by atoms with Crippen LogP contribution in [0, 0.1) is 5.82 Å². The first-order chi connectivity index (χ1) is 5.65. The van der Waals surface area contributed by atoms with Crippen molar-refractivity contribution in [2.24, 2.45) is 0 Å². The second-order valence-electron chi connectivity index (χ2n) is 2.29. The van der Waals surface area contributed by atoms with E-state index < -0.39 is 17.8 Å². The Bertz CT molecular complexity index is 292. The molecule has 0 spiro atoms. The van der Waals surface area contributed by atoms with Crippen molar-refractivity contribution in [3.63, 3.8) is 0 Å². The third kappa shape index (κ3) is 1.67. The number of hydrogen-bond donors (Lipinski definition) is 0. The Morgan fingerprint density at radius 1 is 1.33 bits per heavy atom. The van der Waals surface area contributed by atoms with Gasteiger partial charge in [-0.25, -0.2) is 13.2 Å². The summed E-state index contributed by atoms with van der Waals surface area (Å²) in [5.41, 5.74) is -0.0718. The third-order valence-electron chi connectivity index (χ3n) is 1.50. The van der Waals surface area contributed by atoms with Crippen molar-refractivity contribution in [3.8, 4) is 0 Å². The zero-order valence-corrected chi connectivity index (χ0v) is 6.23.